The minimum Gasteiger partial charge on any atom is -0.490 e. The van der Waals surface area contributed by atoms with Crippen molar-refractivity contribution in [2.24, 2.45) is 0 Å². The molecule has 0 fully saturated rings. The predicted octanol–water partition coefficient (Wildman–Crippen LogP) is 5.25. The van der Waals surface area contributed by atoms with E-state index < -0.39 is 0 Å². The smallest absolute Gasteiger partial charge is 0.161 e. The third-order valence-corrected chi connectivity index (χ3v) is 4.07. The largest absolute Gasteiger partial charge is 0.490 e. The van der Waals surface area contributed by atoms with E-state index in [1.54, 1.807) is 0 Å². The van der Waals surface area contributed by atoms with Crippen molar-refractivity contribution in [2.75, 3.05) is 13.2 Å². The Labute approximate surface area is 152 Å². The highest BCUT2D eigenvalue weighted by atomic mass is 16.5. The highest BCUT2D eigenvalue weighted by Crippen LogP contribution is 2.29. The Bertz CT molecular complexity index is 640. The summed E-state index contributed by atoms with van der Waals surface area (Å²) >= 11 is 0. The van der Waals surface area contributed by atoms with Gasteiger partial charge in [-0.15, -0.1) is 0 Å². The molecule has 2 rings (SSSR count). The van der Waals surface area contributed by atoms with E-state index in [1.165, 1.54) is 36.0 Å². The first-order valence-electron chi connectivity index (χ1n) is 9.37. The average molecular weight is 341 g/mol. The monoisotopic (exact) mass is 341 g/mol. The van der Waals surface area contributed by atoms with Crippen molar-refractivity contribution in [3.8, 4) is 11.5 Å². The first kappa shape index (κ1) is 19.3. The van der Waals surface area contributed by atoms with Crippen LogP contribution in [0.15, 0.2) is 42.5 Å². The zero-order chi connectivity index (χ0) is 17.9. The Morgan fingerprint density at radius 1 is 0.880 bits per heavy atom. The van der Waals surface area contributed by atoms with Crippen LogP contribution in [0.25, 0.3) is 0 Å². The molecule has 0 atom stereocenters. The molecule has 0 bridgehead atoms. The summed E-state index contributed by atoms with van der Waals surface area (Å²) in [4.78, 5) is 0. The van der Waals surface area contributed by atoms with Gasteiger partial charge in [0.05, 0.1) is 6.61 Å². The molecule has 0 saturated carbocycles. The Morgan fingerprint density at radius 3 is 2.52 bits per heavy atom. The molecule has 0 aliphatic carbocycles. The number of hydrogen-bond acceptors (Lipinski definition) is 3. The molecule has 2 aromatic carbocycles. The minimum atomic E-state index is 0.552. The van der Waals surface area contributed by atoms with Gasteiger partial charge in [0.15, 0.2) is 11.5 Å². The molecule has 3 nitrogen and oxygen atoms in total. The van der Waals surface area contributed by atoms with Gasteiger partial charge in [-0.1, -0.05) is 55.7 Å². The van der Waals surface area contributed by atoms with Gasteiger partial charge in [-0.05, 0) is 50.1 Å². The average Bonchev–Trinajstić information content (AvgIpc) is 2.61. The summed E-state index contributed by atoms with van der Waals surface area (Å²) in [5, 5.41) is 3.49. The van der Waals surface area contributed by atoms with Gasteiger partial charge < -0.3 is 14.8 Å². The standard InChI is InChI=1S/C22H31NO2/c1-4-6-7-13-23-16-19-11-12-21(22(15-19)24-5-2)25-17-20-10-8-9-18(3)14-20/h8-12,14-15,23H,4-7,13,16-17H2,1-3H3. The topological polar surface area (TPSA) is 30.5 Å². The molecule has 1 N–H and O–H groups in total. The Hall–Kier alpha value is -2.00. The van der Waals surface area contributed by atoms with Crippen LogP contribution in [0.1, 0.15) is 49.8 Å². The lowest BCUT2D eigenvalue weighted by molar-refractivity contribution is 0.269. The fraction of sp³-hybridized carbons (Fsp3) is 0.455. The van der Waals surface area contributed by atoms with Crippen LogP contribution in [-0.2, 0) is 13.2 Å². The van der Waals surface area contributed by atoms with Crippen LogP contribution < -0.4 is 14.8 Å². The molecule has 2 aromatic rings. The van der Waals surface area contributed by atoms with Crippen LogP contribution >= 0.6 is 0 Å². The van der Waals surface area contributed by atoms with E-state index in [-0.39, 0.29) is 0 Å². The van der Waals surface area contributed by atoms with E-state index in [0.717, 1.165) is 24.6 Å². The van der Waals surface area contributed by atoms with Gasteiger partial charge >= 0.3 is 0 Å². The van der Waals surface area contributed by atoms with E-state index in [0.29, 0.717) is 13.2 Å². The molecule has 0 heterocycles. The number of rotatable bonds is 11. The van der Waals surface area contributed by atoms with Crippen molar-refractivity contribution in [3.05, 3.63) is 59.2 Å². The third kappa shape index (κ3) is 6.79. The molecule has 0 spiro atoms. The maximum atomic E-state index is 6.00. The maximum absolute atomic E-state index is 6.00. The molecule has 0 unspecified atom stereocenters. The van der Waals surface area contributed by atoms with Crippen molar-refractivity contribution in [1.82, 2.24) is 5.32 Å². The molecule has 0 saturated heterocycles. The number of ether oxygens (including phenoxy) is 2. The molecule has 0 amide bonds. The number of unbranched alkanes of at least 4 members (excludes halogenated alkanes) is 2. The number of benzene rings is 2. The summed E-state index contributed by atoms with van der Waals surface area (Å²) in [7, 11) is 0. The maximum Gasteiger partial charge on any atom is 0.161 e. The number of nitrogens with one attached hydrogen (secondary N) is 1. The van der Waals surface area contributed by atoms with Crippen molar-refractivity contribution in [3.63, 3.8) is 0 Å². The van der Waals surface area contributed by atoms with Gasteiger partial charge in [-0.25, -0.2) is 0 Å². The van der Waals surface area contributed by atoms with E-state index in [4.69, 9.17) is 9.47 Å². The quantitative estimate of drug-likeness (QED) is 0.566. The zero-order valence-electron chi connectivity index (χ0n) is 15.8. The number of hydrogen-bond donors (Lipinski definition) is 1. The van der Waals surface area contributed by atoms with Crippen molar-refractivity contribution in [1.29, 1.82) is 0 Å². The Kier molecular flexibility index (Phi) is 8.33. The number of aryl methyl sites for hydroxylation is 1. The molecule has 136 valence electrons. The van der Waals surface area contributed by atoms with Crippen LogP contribution in [0, 0.1) is 6.92 Å². The second kappa shape index (κ2) is 10.8. The summed E-state index contributed by atoms with van der Waals surface area (Å²) in [6.07, 6.45) is 3.76. The molecule has 25 heavy (non-hydrogen) atoms. The van der Waals surface area contributed by atoms with Crippen molar-refractivity contribution >= 4 is 0 Å². The van der Waals surface area contributed by atoms with Crippen LogP contribution in [0.5, 0.6) is 11.5 Å². The SMILES string of the molecule is CCCCCNCc1ccc(OCc2cccc(C)c2)c(OCC)c1. The molecule has 0 aliphatic heterocycles. The summed E-state index contributed by atoms with van der Waals surface area (Å²) < 4.78 is 11.8. The second-order valence-corrected chi connectivity index (χ2v) is 6.38. The lowest BCUT2D eigenvalue weighted by atomic mass is 10.1. The van der Waals surface area contributed by atoms with Crippen molar-refractivity contribution in [2.45, 2.75) is 53.2 Å². The molecule has 0 aromatic heterocycles. The van der Waals surface area contributed by atoms with Gasteiger partial charge in [-0.3, -0.25) is 0 Å². The predicted molar refractivity (Wildman–Crippen MR) is 104 cm³/mol. The van der Waals surface area contributed by atoms with Gasteiger partial charge in [0.1, 0.15) is 6.61 Å². The first-order chi connectivity index (χ1) is 12.2. The summed E-state index contributed by atoms with van der Waals surface area (Å²) in [6, 6.07) is 14.6. The molecule has 0 aliphatic rings. The van der Waals surface area contributed by atoms with E-state index in [9.17, 15) is 0 Å². The fourth-order valence-electron chi connectivity index (χ4n) is 2.75. The Balaban J connectivity index is 1.95. The van der Waals surface area contributed by atoms with E-state index in [2.05, 4.69) is 55.6 Å². The fourth-order valence-corrected chi connectivity index (χ4v) is 2.75. The summed E-state index contributed by atoms with van der Waals surface area (Å²) in [6.45, 7) is 9.43. The lowest BCUT2D eigenvalue weighted by Gasteiger charge is -2.14. The highest BCUT2D eigenvalue weighted by Gasteiger charge is 2.07. The zero-order valence-corrected chi connectivity index (χ0v) is 15.8. The summed E-state index contributed by atoms with van der Waals surface area (Å²) in [5.74, 6) is 1.63. The molecule has 3 heteroatoms. The van der Waals surface area contributed by atoms with Crippen LogP contribution in [0.2, 0.25) is 0 Å². The summed E-state index contributed by atoms with van der Waals surface area (Å²) in [5.41, 5.74) is 3.64. The second-order valence-electron chi connectivity index (χ2n) is 6.38. The van der Waals surface area contributed by atoms with Crippen LogP contribution in [0.3, 0.4) is 0 Å². The Morgan fingerprint density at radius 2 is 1.76 bits per heavy atom. The van der Waals surface area contributed by atoms with Gasteiger partial charge in [0, 0.05) is 6.54 Å². The minimum absolute atomic E-state index is 0.552. The van der Waals surface area contributed by atoms with Crippen LogP contribution in [-0.4, -0.2) is 13.2 Å². The van der Waals surface area contributed by atoms with Gasteiger partial charge in [0.25, 0.3) is 0 Å². The van der Waals surface area contributed by atoms with Gasteiger partial charge in [-0.2, -0.15) is 0 Å². The van der Waals surface area contributed by atoms with Crippen LogP contribution in [0.4, 0.5) is 0 Å². The molecular formula is C22H31NO2. The van der Waals surface area contributed by atoms with E-state index >= 15 is 0 Å². The van der Waals surface area contributed by atoms with Gasteiger partial charge in [0.2, 0.25) is 0 Å². The highest BCUT2D eigenvalue weighted by molar-refractivity contribution is 5.43. The van der Waals surface area contributed by atoms with E-state index in [1.807, 2.05) is 13.0 Å². The normalized spacial score (nSPS) is 10.7. The third-order valence-electron chi connectivity index (χ3n) is 4.07. The lowest BCUT2D eigenvalue weighted by Crippen LogP contribution is -2.14. The van der Waals surface area contributed by atoms with Crippen molar-refractivity contribution < 1.29 is 9.47 Å². The molecule has 0 radical (unpaired) electrons. The molecular weight excluding hydrogens is 310 g/mol. The first-order valence-corrected chi connectivity index (χ1v) is 9.37.